The van der Waals surface area contributed by atoms with Crippen LogP contribution in [0.5, 0.6) is 5.75 Å². The lowest BCUT2D eigenvalue weighted by Crippen LogP contribution is -1.94. The van der Waals surface area contributed by atoms with Gasteiger partial charge in [0, 0.05) is 18.0 Å². The fourth-order valence-corrected chi connectivity index (χ4v) is 1.37. The molecule has 1 aromatic carbocycles. The van der Waals surface area contributed by atoms with E-state index >= 15 is 0 Å². The fraction of sp³-hybridized carbons (Fsp3) is 0.231. The van der Waals surface area contributed by atoms with Crippen LogP contribution in [0, 0.1) is 0 Å². The van der Waals surface area contributed by atoms with Crippen LogP contribution in [0.4, 0.5) is 0 Å². The molecule has 0 aliphatic heterocycles. The zero-order valence-electron chi connectivity index (χ0n) is 9.26. The molecule has 0 saturated heterocycles. The molecule has 3 nitrogen and oxygen atoms in total. The van der Waals surface area contributed by atoms with Crippen LogP contribution >= 0.6 is 0 Å². The number of nitrogens with zero attached hydrogens (tertiary/aromatic N) is 2. The van der Waals surface area contributed by atoms with Gasteiger partial charge >= 0.3 is 0 Å². The van der Waals surface area contributed by atoms with Gasteiger partial charge in [-0.15, -0.1) is 0 Å². The third-order valence-corrected chi connectivity index (χ3v) is 2.15. The predicted octanol–water partition coefficient (Wildman–Crippen LogP) is 2.93. The minimum atomic E-state index is 0.740. The highest BCUT2D eigenvalue weighted by molar-refractivity contribution is 5.55. The van der Waals surface area contributed by atoms with Crippen LogP contribution in [0.3, 0.4) is 0 Å². The van der Waals surface area contributed by atoms with Gasteiger partial charge in [-0.3, -0.25) is 0 Å². The Morgan fingerprint density at radius 3 is 2.38 bits per heavy atom. The molecular weight excluding hydrogens is 200 g/mol. The van der Waals surface area contributed by atoms with Crippen LogP contribution in [0.2, 0.25) is 0 Å². The number of benzene rings is 1. The second kappa shape index (κ2) is 5.26. The summed E-state index contributed by atoms with van der Waals surface area (Å²) in [6.45, 7) is 2.84. The molecule has 0 bridgehead atoms. The summed E-state index contributed by atoms with van der Waals surface area (Å²) in [5.41, 5.74) is 1.00. The third-order valence-electron chi connectivity index (χ3n) is 2.15. The first kappa shape index (κ1) is 10.6. The lowest BCUT2D eigenvalue weighted by Gasteiger charge is -2.04. The van der Waals surface area contributed by atoms with E-state index in [1.807, 2.05) is 30.3 Å². The molecule has 0 spiro atoms. The second-order valence-corrected chi connectivity index (χ2v) is 3.45. The summed E-state index contributed by atoms with van der Waals surface area (Å²) in [4.78, 5) is 8.38. The molecule has 0 saturated carbocycles. The van der Waals surface area contributed by atoms with Gasteiger partial charge < -0.3 is 4.74 Å². The fourth-order valence-electron chi connectivity index (χ4n) is 1.37. The molecule has 3 heteroatoms. The van der Waals surface area contributed by atoms with E-state index in [2.05, 4.69) is 16.9 Å². The van der Waals surface area contributed by atoms with Gasteiger partial charge in [-0.1, -0.05) is 6.92 Å². The molecule has 16 heavy (non-hydrogen) atoms. The zero-order valence-corrected chi connectivity index (χ0v) is 9.26. The van der Waals surface area contributed by atoms with Crippen molar-refractivity contribution in [2.24, 2.45) is 0 Å². The first-order valence-corrected chi connectivity index (χ1v) is 5.40. The maximum absolute atomic E-state index is 5.51. The quantitative estimate of drug-likeness (QED) is 0.784. The number of ether oxygens (including phenoxy) is 1. The molecule has 82 valence electrons. The van der Waals surface area contributed by atoms with E-state index < -0.39 is 0 Å². The Balaban J connectivity index is 2.13. The Bertz CT molecular complexity index is 425. The van der Waals surface area contributed by atoms with Crippen molar-refractivity contribution in [1.82, 2.24) is 9.97 Å². The number of hydrogen-bond donors (Lipinski definition) is 0. The Morgan fingerprint density at radius 1 is 1.06 bits per heavy atom. The Kier molecular flexibility index (Phi) is 3.49. The van der Waals surface area contributed by atoms with Gasteiger partial charge in [0.1, 0.15) is 5.75 Å². The van der Waals surface area contributed by atoms with Crippen molar-refractivity contribution >= 4 is 0 Å². The molecule has 0 atom stereocenters. The van der Waals surface area contributed by atoms with E-state index in [0.29, 0.717) is 0 Å². The second-order valence-electron chi connectivity index (χ2n) is 3.45. The lowest BCUT2D eigenvalue weighted by atomic mass is 10.2. The van der Waals surface area contributed by atoms with Crippen LogP contribution in [-0.2, 0) is 0 Å². The molecule has 0 fully saturated rings. The van der Waals surface area contributed by atoms with Gasteiger partial charge in [-0.25, -0.2) is 9.97 Å². The monoisotopic (exact) mass is 214 g/mol. The van der Waals surface area contributed by atoms with Crippen molar-refractivity contribution in [1.29, 1.82) is 0 Å². The van der Waals surface area contributed by atoms with E-state index in [0.717, 1.165) is 30.2 Å². The van der Waals surface area contributed by atoms with E-state index in [-0.39, 0.29) is 0 Å². The van der Waals surface area contributed by atoms with Crippen molar-refractivity contribution in [3.05, 3.63) is 42.7 Å². The van der Waals surface area contributed by atoms with E-state index in [1.54, 1.807) is 12.4 Å². The molecule has 0 radical (unpaired) electrons. The predicted molar refractivity (Wildman–Crippen MR) is 63.3 cm³/mol. The van der Waals surface area contributed by atoms with E-state index in [1.165, 1.54) is 0 Å². The average Bonchev–Trinajstić information content (AvgIpc) is 2.38. The molecule has 0 unspecified atom stereocenters. The summed E-state index contributed by atoms with van der Waals surface area (Å²) in [6, 6.07) is 9.64. The maximum Gasteiger partial charge on any atom is 0.159 e. The zero-order chi connectivity index (χ0) is 11.2. The van der Waals surface area contributed by atoms with Crippen LogP contribution in [0.1, 0.15) is 13.3 Å². The topological polar surface area (TPSA) is 35.0 Å². The Morgan fingerprint density at radius 2 is 1.75 bits per heavy atom. The van der Waals surface area contributed by atoms with Crippen LogP contribution in [0.15, 0.2) is 42.7 Å². The third kappa shape index (κ3) is 2.57. The van der Waals surface area contributed by atoms with Crippen LogP contribution in [0.25, 0.3) is 11.4 Å². The summed E-state index contributed by atoms with van der Waals surface area (Å²) in [6.07, 6.45) is 4.50. The van der Waals surface area contributed by atoms with Crippen molar-refractivity contribution in [3.63, 3.8) is 0 Å². The molecule has 0 aliphatic rings. The SMILES string of the molecule is CCCOc1ccc(-c2ncccn2)cc1. The molecule has 0 amide bonds. The van der Waals surface area contributed by atoms with E-state index in [9.17, 15) is 0 Å². The summed E-state index contributed by atoms with van der Waals surface area (Å²) in [5.74, 6) is 1.63. The van der Waals surface area contributed by atoms with Gasteiger partial charge in [0.05, 0.1) is 6.61 Å². The number of aromatic nitrogens is 2. The minimum absolute atomic E-state index is 0.740. The van der Waals surface area contributed by atoms with Crippen molar-refractivity contribution in [2.75, 3.05) is 6.61 Å². The summed E-state index contributed by atoms with van der Waals surface area (Å²) in [7, 11) is 0. The molecule has 0 aliphatic carbocycles. The number of hydrogen-bond acceptors (Lipinski definition) is 3. The summed E-state index contributed by atoms with van der Waals surface area (Å²) >= 11 is 0. The van der Waals surface area contributed by atoms with Crippen LogP contribution < -0.4 is 4.74 Å². The highest BCUT2D eigenvalue weighted by Crippen LogP contribution is 2.18. The van der Waals surface area contributed by atoms with Gasteiger partial charge in [0.25, 0.3) is 0 Å². The summed E-state index contributed by atoms with van der Waals surface area (Å²) in [5, 5.41) is 0. The van der Waals surface area contributed by atoms with Crippen LogP contribution in [-0.4, -0.2) is 16.6 Å². The Labute approximate surface area is 95.1 Å². The summed E-state index contributed by atoms with van der Waals surface area (Å²) < 4.78 is 5.51. The highest BCUT2D eigenvalue weighted by atomic mass is 16.5. The van der Waals surface area contributed by atoms with Gasteiger partial charge in [-0.2, -0.15) is 0 Å². The average molecular weight is 214 g/mol. The minimum Gasteiger partial charge on any atom is -0.494 e. The number of rotatable bonds is 4. The van der Waals surface area contributed by atoms with Gasteiger partial charge in [0.15, 0.2) is 5.82 Å². The largest absolute Gasteiger partial charge is 0.494 e. The first-order chi connectivity index (χ1) is 7.90. The van der Waals surface area contributed by atoms with Crippen molar-refractivity contribution in [2.45, 2.75) is 13.3 Å². The molecular formula is C13H14N2O. The van der Waals surface area contributed by atoms with E-state index in [4.69, 9.17) is 4.74 Å². The normalized spacial score (nSPS) is 10.1. The van der Waals surface area contributed by atoms with Gasteiger partial charge in [0.2, 0.25) is 0 Å². The maximum atomic E-state index is 5.51. The highest BCUT2D eigenvalue weighted by Gasteiger charge is 1.99. The standard InChI is InChI=1S/C13H14N2O/c1-2-10-16-12-6-4-11(5-7-12)13-14-8-3-9-15-13/h3-9H,2,10H2,1H3. The molecule has 0 N–H and O–H groups in total. The lowest BCUT2D eigenvalue weighted by molar-refractivity contribution is 0.317. The molecule has 1 heterocycles. The smallest absolute Gasteiger partial charge is 0.159 e. The van der Waals surface area contributed by atoms with Gasteiger partial charge in [-0.05, 0) is 36.8 Å². The molecule has 2 aromatic rings. The first-order valence-electron chi connectivity index (χ1n) is 5.40. The van der Waals surface area contributed by atoms with Crippen molar-refractivity contribution in [3.8, 4) is 17.1 Å². The van der Waals surface area contributed by atoms with Crippen molar-refractivity contribution < 1.29 is 4.74 Å². The Hall–Kier alpha value is -1.90. The molecule has 2 rings (SSSR count). The molecule has 1 aromatic heterocycles.